The van der Waals surface area contributed by atoms with Crippen molar-refractivity contribution in [2.45, 2.75) is 20.3 Å². The minimum Gasteiger partial charge on any atom is -0.461 e. The van der Waals surface area contributed by atoms with Crippen LogP contribution in [-0.4, -0.2) is 25.2 Å². The van der Waals surface area contributed by atoms with Crippen LogP contribution in [0, 0.1) is 5.41 Å². The number of esters is 2. The molecule has 0 saturated heterocycles. The predicted octanol–water partition coefficient (Wildman–Crippen LogP) is 4.12. The standard InChI is InChI=1S/C20H22O4/c1-3-20(2,14-23-18(21)16-10-6-4-7-11-16)15-24-19(22)17-12-8-5-9-13-17/h4-13H,3,14-15H2,1-2H3. The average molecular weight is 326 g/mol. The van der Waals surface area contributed by atoms with Gasteiger partial charge in [-0.25, -0.2) is 9.59 Å². The second-order valence-electron chi connectivity index (χ2n) is 6.05. The molecule has 0 aliphatic heterocycles. The maximum atomic E-state index is 12.0. The molecule has 0 aromatic heterocycles. The van der Waals surface area contributed by atoms with Gasteiger partial charge >= 0.3 is 11.9 Å². The minimum absolute atomic E-state index is 0.194. The first-order valence-corrected chi connectivity index (χ1v) is 7.98. The third-order valence-corrected chi connectivity index (χ3v) is 3.98. The van der Waals surface area contributed by atoms with Gasteiger partial charge in [-0.1, -0.05) is 50.2 Å². The molecular weight excluding hydrogens is 304 g/mol. The molecular formula is C20H22O4. The first-order chi connectivity index (χ1) is 11.5. The third kappa shape index (κ3) is 4.95. The molecule has 2 aromatic rings. The van der Waals surface area contributed by atoms with E-state index in [9.17, 15) is 9.59 Å². The van der Waals surface area contributed by atoms with E-state index in [2.05, 4.69) is 0 Å². The Balaban J connectivity index is 1.89. The van der Waals surface area contributed by atoms with Crippen LogP contribution in [0.3, 0.4) is 0 Å². The molecule has 0 aliphatic rings. The number of carbonyl (C=O) groups is 2. The summed E-state index contributed by atoms with van der Waals surface area (Å²) in [6.45, 7) is 4.30. The maximum Gasteiger partial charge on any atom is 0.338 e. The number of carbonyl (C=O) groups excluding carboxylic acids is 2. The van der Waals surface area contributed by atoms with Crippen molar-refractivity contribution in [1.29, 1.82) is 0 Å². The zero-order valence-corrected chi connectivity index (χ0v) is 14.0. The van der Waals surface area contributed by atoms with Crippen molar-refractivity contribution in [3.8, 4) is 0 Å². The Bertz CT molecular complexity index is 609. The highest BCUT2D eigenvalue weighted by Crippen LogP contribution is 2.23. The van der Waals surface area contributed by atoms with Gasteiger partial charge in [0, 0.05) is 5.41 Å². The molecule has 0 saturated carbocycles. The van der Waals surface area contributed by atoms with Crippen LogP contribution in [0.4, 0.5) is 0 Å². The Morgan fingerprint density at radius 2 is 1.17 bits per heavy atom. The van der Waals surface area contributed by atoms with Gasteiger partial charge in [0.15, 0.2) is 0 Å². The van der Waals surface area contributed by atoms with Crippen LogP contribution in [0.15, 0.2) is 60.7 Å². The van der Waals surface area contributed by atoms with Crippen LogP contribution in [0.25, 0.3) is 0 Å². The summed E-state index contributed by atoms with van der Waals surface area (Å²) in [6, 6.07) is 17.7. The fourth-order valence-electron chi connectivity index (χ4n) is 2.04. The summed E-state index contributed by atoms with van der Waals surface area (Å²) in [5.74, 6) is -0.741. The molecule has 0 radical (unpaired) electrons. The van der Waals surface area contributed by atoms with Gasteiger partial charge in [0.25, 0.3) is 0 Å². The van der Waals surface area contributed by atoms with Gasteiger partial charge < -0.3 is 9.47 Å². The SMILES string of the molecule is CCC(C)(COC(=O)c1ccccc1)COC(=O)c1ccccc1. The summed E-state index contributed by atoms with van der Waals surface area (Å²) in [6.07, 6.45) is 0.719. The Morgan fingerprint density at radius 1 is 0.792 bits per heavy atom. The van der Waals surface area contributed by atoms with E-state index in [0.29, 0.717) is 11.1 Å². The number of hydrogen-bond donors (Lipinski definition) is 0. The predicted molar refractivity (Wildman–Crippen MR) is 91.8 cm³/mol. The molecule has 0 aliphatic carbocycles. The lowest BCUT2D eigenvalue weighted by Crippen LogP contribution is -2.31. The molecule has 2 aromatic carbocycles. The second-order valence-corrected chi connectivity index (χ2v) is 6.05. The lowest BCUT2D eigenvalue weighted by molar-refractivity contribution is -0.000621. The van der Waals surface area contributed by atoms with Crippen molar-refractivity contribution < 1.29 is 19.1 Å². The summed E-state index contributed by atoms with van der Waals surface area (Å²) >= 11 is 0. The van der Waals surface area contributed by atoms with E-state index >= 15 is 0 Å². The van der Waals surface area contributed by atoms with Crippen LogP contribution < -0.4 is 0 Å². The number of rotatable bonds is 7. The van der Waals surface area contributed by atoms with E-state index in [1.165, 1.54) is 0 Å². The first-order valence-electron chi connectivity index (χ1n) is 7.98. The lowest BCUT2D eigenvalue weighted by atomic mass is 9.90. The second kappa shape index (κ2) is 8.29. The summed E-state index contributed by atoms with van der Waals surface area (Å²) in [5, 5.41) is 0. The summed E-state index contributed by atoms with van der Waals surface area (Å²) in [5.41, 5.74) is 0.601. The van der Waals surface area contributed by atoms with Crippen molar-refractivity contribution in [3.63, 3.8) is 0 Å². The molecule has 0 amide bonds. The summed E-state index contributed by atoms with van der Waals surface area (Å²) in [7, 11) is 0. The Kier molecular flexibility index (Phi) is 6.13. The van der Waals surface area contributed by atoms with Gasteiger partial charge in [0.1, 0.15) is 13.2 Å². The molecule has 0 unspecified atom stereocenters. The maximum absolute atomic E-state index is 12.0. The summed E-state index contributed by atoms with van der Waals surface area (Å²) in [4.78, 5) is 24.1. The van der Waals surface area contributed by atoms with E-state index in [1.54, 1.807) is 48.5 Å². The smallest absolute Gasteiger partial charge is 0.338 e. The van der Waals surface area contributed by atoms with E-state index in [-0.39, 0.29) is 25.2 Å². The van der Waals surface area contributed by atoms with Gasteiger partial charge in [-0.2, -0.15) is 0 Å². The van der Waals surface area contributed by atoms with Crippen LogP contribution in [0.1, 0.15) is 41.0 Å². The van der Waals surface area contributed by atoms with Crippen molar-refractivity contribution >= 4 is 11.9 Å². The van der Waals surface area contributed by atoms with E-state index in [0.717, 1.165) is 6.42 Å². The normalized spacial score (nSPS) is 10.9. The van der Waals surface area contributed by atoms with Crippen molar-refractivity contribution in [3.05, 3.63) is 71.8 Å². The molecule has 0 fully saturated rings. The topological polar surface area (TPSA) is 52.6 Å². The molecule has 0 heterocycles. The Hall–Kier alpha value is -2.62. The molecule has 126 valence electrons. The van der Waals surface area contributed by atoms with E-state index in [1.807, 2.05) is 26.0 Å². The molecule has 0 atom stereocenters. The zero-order chi connectivity index (χ0) is 17.4. The van der Waals surface area contributed by atoms with Crippen LogP contribution in [0.5, 0.6) is 0 Å². The number of hydrogen-bond acceptors (Lipinski definition) is 4. The highest BCUT2D eigenvalue weighted by atomic mass is 16.5. The molecule has 0 bridgehead atoms. The fraction of sp³-hybridized carbons (Fsp3) is 0.300. The van der Waals surface area contributed by atoms with Crippen molar-refractivity contribution in [2.24, 2.45) is 5.41 Å². The van der Waals surface area contributed by atoms with Gasteiger partial charge in [0.2, 0.25) is 0 Å². The largest absolute Gasteiger partial charge is 0.461 e. The van der Waals surface area contributed by atoms with Gasteiger partial charge in [-0.3, -0.25) is 0 Å². The van der Waals surface area contributed by atoms with Crippen LogP contribution in [0.2, 0.25) is 0 Å². The molecule has 24 heavy (non-hydrogen) atoms. The third-order valence-electron chi connectivity index (χ3n) is 3.98. The van der Waals surface area contributed by atoms with Crippen molar-refractivity contribution in [2.75, 3.05) is 13.2 Å². The highest BCUT2D eigenvalue weighted by Gasteiger charge is 2.27. The monoisotopic (exact) mass is 326 g/mol. The Morgan fingerprint density at radius 3 is 1.50 bits per heavy atom. The fourth-order valence-corrected chi connectivity index (χ4v) is 2.04. The molecule has 4 nitrogen and oxygen atoms in total. The van der Waals surface area contributed by atoms with Gasteiger partial charge in [-0.05, 0) is 30.7 Å². The molecule has 4 heteroatoms. The van der Waals surface area contributed by atoms with E-state index < -0.39 is 5.41 Å². The molecule has 0 spiro atoms. The highest BCUT2D eigenvalue weighted by molar-refractivity contribution is 5.89. The lowest BCUT2D eigenvalue weighted by Gasteiger charge is -2.27. The van der Waals surface area contributed by atoms with Crippen LogP contribution >= 0.6 is 0 Å². The Labute approximate surface area is 142 Å². The number of ether oxygens (including phenoxy) is 2. The van der Waals surface area contributed by atoms with Crippen molar-refractivity contribution in [1.82, 2.24) is 0 Å². The van der Waals surface area contributed by atoms with Gasteiger partial charge in [-0.15, -0.1) is 0 Å². The summed E-state index contributed by atoms with van der Waals surface area (Å²) < 4.78 is 10.8. The van der Waals surface area contributed by atoms with Crippen LogP contribution in [-0.2, 0) is 9.47 Å². The quantitative estimate of drug-likeness (QED) is 0.718. The van der Waals surface area contributed by atoms with Gasteiger partial charge in [0.05, 0.1) is 11.1 Å². The minimum atomic E-state index is -0.422. The molecule has 0 N–H and O–H groups in total. The first kappa shape index (κ1) is 17.7. The zero-order valence-electron chi connectivity index (χ0n) is 14.0. The molecule has 2 rings (SSSR count). The number of benzene rings is 2. The average Bonchev–Trinajstić information content (AvgIpc) is 2.65. The van der Waals surface area contributed by atoms with E-state index in [4.69, 9.17) is 9.47 Å².